The van der Waals surface area contributed by atoms with E-state index < -0.39 is 11.9 Å². The van der Waals surface area contributed by atoms with E-state index in [1.54, 1.807) is 0 Å². The lowest BCUT2D eigenvalue weighted by Gasteiger charge is -2.26. The van der Waals surface area contributed by atoms with Crippen molar-refractivity contribution < 1.29 is 13.2 Å². The fourth-order valence-electron chi connectivity index (χ4n) is 2.28. The van der Waals surface area contributed by atoms with Crippen LogP contribution < -0.4 is 5.32 Å². The van der Waals surface area contributed by atoms with Crippen LogP contribution in [0.4, 0.5) is 19.0 Å². The summed E-state index contributed by atoms with van der Waals surface area (Å²) < 4.78 is 36.9. The first-order valence-electron chi connectivity index (χ1n) is 6.93. The Labute approximate surface area is 116 Å². The predicted molar refractivity (Wildman–Crippen MR) is 70.4 cm³/mol. The lowest BCUT2D eigenvalue weighted by Crippen LogP contribution is -2.31. The molecule has 0 aromatic carbocycles. The maximum atomic E-state index is 12.3. The van der Waals surface area contributed by atoms with Gasteiger partial charge in [0.2, 0.25) is 0 Å². The first-order chi connectivity index (χ1) is 9.55. The van der Waals surface area contributed by atoms with Crippen LogP contribution in [0.25, 0.3) is 0 Å². The summed E-state index contributed by atoms with van der Waals surface area (Å²) in [6.45, 7) is 4.01. The molecule has 0 saturated carbocycles. The van der Waals surface area contributed by atoms with Crippen molar-refractivity contribution in [3.8, 4) is 0 Å². The summed E-state index contributed by atoms with van der Waals surface area (Å²) in [6.07, 6.45) is 0.355. The van der Waals surface area contributed by atoms with Crippen LogP contribution in [0.15, 0.2) is 12.1 Å². The molecule has 4 nitrogen and oxygen atoms in total. The molecule has 0 unspecified atom stereocenters. The molecular weight excluding hydrogens is 269 g/mol. The van der Waals surface area contributed by atoms with Crippen LogP contribution in [0.5, 0.6) is 0 Å². The first-order valence-corrected chi connectivity index (χ1v) is 6.93. The Bertz CT molecular complexity index is 399. The van der Waals surface area contributed by atoms with Gasteiger partial charge in [0.25, 0.3) is 0 Å². The Morgan fingerprint density at radius 3 is 2.45 bits per heavy atom. The van der Waals surface area contributed by atoms with E-state index in [9.17, 15) is 13.2 Å². The van der Waals surface area contributed by atoms with Gasteiger partial charge >= 0.3 is 6.18 Å². The average molecular weight is 288 g/mol. The van der Waals surface area contributed by atoms with E-state index in [1.165, 1.54) is 25.3 Å². The van der Waals surface area contributed by atoms with Crippen molar-refractivity contribution in [1.29, 1.82) is 0 Å². The van der Waals surface area contributed by atoms with Crippen LogP contribution in [0.2, 0.25) is 0 Å². The smallest absolute Gasteiger partial charge is 0.369 e. The van der Waals surface area contributed by atoms with E-state index >= 15 is 0 Å². The maximum Gasteiger partial charge on any atom is 0.435 e. The van der Waals surface area contributed by atoms with E-state index in [-0.39, 0.29) is 0 Å². The molecule has 1 aliphatic rings. The molecule has 1 fully saturated rings. The summed E-state index contributed by atoms with van der Waals surface area (Å²) in [5, 5.41) is 9.70. The van der Waals surface area contributed by atoms with Gasteiger partial charge in [0.1, 0.15) is 5.82 Å². The molecule has 0 atom stereocenters. The van der Waals surface area contributed by atoms with Crippen LogP contribution in [0.1, 0.15) is 31.4 Å². The van der Waals surface area contributed by atoms with Crippen LogP contribution in [-0.4, -0.2) is 41.3 Å². The van der Waals surface area contributed by atoms with Crippen molar-refractivity contribution >= 4 is 5.82 Å². The minimum atomic E-state index is -4.43. The molecule has 0 spiro atoms. The van der Waals surface area contributed by atoms with Crippen molar-refractivity contribution in [2.24, 2.45) is 0 Å². The lowest BCUT2D eigenvalue weighted by atomic mass is 10.1. The van der Waals surface area contributed by atoms with Crippen molar-refractivity contribution in [2.75, 3.05) is 31.5 Å². The Hall–Kier alpha value is -1.37. The van der Waals surface area contributed by atoms with Gasteiger partial charge in [-0.1, -0.05) is 6.42 Å². The van der Waals surface area contributed by atoms with Gasteiger partial charge in [0.15, 0.2) is 5.69 Å². The van der Waals surface area contributed by atoms with E-state index in [4.69, 9.17) is 0 Å². The highest BCUT2D eigenvalue weighted by atomic mass is 19.4. The van der Waals surface area contributed by atoms with Crippen LogP contribution in [-0.2, 0) is 6.18 Å². The van der Waals surface area contributed by atoms with Gasteiger partial charge in [0, 0.05) is 6.54 Å². The van der Waals surface area contributed by atoms with Crippen LogP contribution >= 0.6 is 0 Å². The second kappa shape index (κ2) is 6.88. The third-order valence-electron chi connectivity index (χ3n) is 3.36. The molecule has 112 valence electrons. The van der Waals surface area contributed by atoms with Gasteiger partial charge in [-0.15, -0.1) is 10.2 Å². The minimum absolute atomic E-state index is 0.386. The van der Waals surface area contributed by atoms with Crippen LogP contribution in [0.3, 0.4) is 0 Å². The van der Waals surface area contributed by atoms with Gasteiger partial charge in [-0.2, -0.15) is 13.2 Å². The fourth-order valence-corrected chi connectivity index (χ4v) is 2.28. The number of piperidine rings is 1. The number of rotatable bonds is 5. The average Bonchev–Trinajstić information content (AvgIpc) is 2.44. The molecular formula is C13H19F3N4. The second-order valence-corrected chi connectivity index (χ2v) is 4.98. The molecule has 1 aliphatic heterocycles. The summed E-state index contributed by atoms with van der Waals surface area (Å²) in [4.78, 5) is 2.42. The number of likely N-dealkylation sites (tertiary alicyclic amines) is 1. The largest absolute Gasteiger partial charge is 0.435 e. The van der Waals surface area contributed by atoms with Gasteiger partial charge in [-0.3, -0.25) is 0 Å². The van der Waals surface area contributed by atoms with Crippen molar-refractivity contribution in [1.82, 2.24) is 15.1 Å². The molecule has 20 heavy (non-hydrogen) atoms. The summed E-state index contributed by atoms with van der Waals surface area (Å²) in [5.74, 6) is 0.386. The van der Waals surface area contributed by atoms with Gasteiger partial charge in [0.05, 0.1) is 0 Å². The highest BCUT2D eigenvalue weighted by molar-refractivity contribution is 5.33. The number of hydrogen-bond donors (Lipinski definition) is 1. The number of nitrogens with one attached hydrogen (secondary N) is 1. The Kier molecular flexibility index (Phi) is 5.17. The zero-order valence-corrected chi connectivity index (χ0v) is 11.3. The maximum absolute atomic E-state index is 12.3. The molecule has 1 saturated heterocycles. The van der Waals surface area contributed by atoms with Gasteiger partial charge in [-0.25, -0.2) is 0 Å². The summed E-state index contributed by atoms with van der Waals surface area (Å²) in [5.41, 5.74) is -0.962. The van der Waals surface area contributed by atoms with E-state index in [1.807, 2.05) is 0 Å². The van der Waals surface area contributed by atoms with E-state index in [0.29, 0.717) is 12.4 Å². The summed E-state index contributed by atoms with van der Waals surface area (Å²) in [7, 11) is 0. The quantitative estimate of drug-likeness (QED) is 0.846. The molecule has 2 heterocycles. The highest BCUT2D eigenvalue weighted by Crippen LogP contribution is 2.26. The Balaban J connectivity index is 1.68. The normalized spacial score (nSPS) is 17.1. The predicted octanol–water partition coefficient (Wildman–Crippen LogP) is 2.78. The fraction of sp³-hybridized carbons (Fsp3) is 0.692. The number of anilines is 1. The number of alkyl halides is 3. The second-order valence-electron chi connectivity index (χ2n) is 4.98. The Morgan fingerprint density at radius 1 is 1.10 bits per heavy atom. The molecule has 0 bridgehead atoms. The number of hydrogen-bond acceptors (Lipinski definition) is 4. The van der Waals surface area contributed by atoms with Crippen molar-refractivity contribution in [3.63, 3.8) is 0 Å². The van der Waals surface area contributed by atoms with Crippen molar-refractivity contribution in [3.05, 3.63) is 17.8 Å². The monoisotopic (exact) mass is 288 g/mol. The topological polar surface area (TPSA) is 41.0 Å². The molecule has 0 aliphatic carbocycles. The number of aromatic nitrogens is 2. The third-order valence-corrected chi connectivity index (χ3v) is 3.36. The van der Waals surface area contributed by atoms with E-state index in [0.717, 1.165) is 32.1 Å². The van der Waals surface area contributed by atoms with Gasteiger partial charge in [-0.05, 0) is 51.0 Å². The summed E-state index contributed by atoms with van der Waals surface area (Å²) in [6, 6.07) is 2.26. The van der Waals surface area contributed by atoms with Crippen LogP contribution in [0, 0.1) is 0 Å². The zero-order valence-electron chi connectivity index (χ0n) is 11.3. The third kappa shape index (κ3) is 4.63. The van der Waals surface area contributed by atoms with E-state index in [2.05, 4.69) is 20.4 Å². The SMILES string of the molecule is FC(F)(F)c1ccc(NCCCN2CCCCC2)nn1. The summed E-state index contributed by atoms with van der Waals surface area (Å²) >= 11 is 0. The molecule has 2 rings (SSSR count). The van der Waals surface area contributed by atoms with Crippen molar-refractivity contribution in [2.45, 2.75) is 31.9 Å². The number of halogens is 3. The molecule has 7 heteroatoms. The minimum Gasteiger partial charge on any atom is -0.369 e. The lowest BCUT2D eigenvalue weighted by molar-refractivity contribution is -0.141. The number of nitrogens with zero attached hydrogens (tertiary/aromatic N) is 3. The first kappa shape index (κ1) is 15.0. The molecule has 1 aromatic heterocycles. The molecule has 1 aromatic rings. The zero-order chi connectivity index (χ0) is 14.4. The molecule has 0 radical (unpaired) electrons. The standard InChI is InChI=1S/C13H19F3N4/c14-13(15,16)11-5-6-12(19-18-11)17-7-4-10-20-8-2-1-3-9-20/h5-6H,1-4,7-10H2,(H,17,19). The van der Waals surface area contributed by atoms with Gasteiger partial charge < -0.3 is 10.2 Å². The molecule has 1 N–H and O–H groups in total. The highest BCUT2D eigenvalue weighted by Gasteiger charge is 2.32. The molecule has 0 amide bonds. The Morgan fingerprint density at radius 2 is 1.85 bits per heavy atom.